The maximum absolute atomic E-state index is 14.5. The van der Waals surface area contributed by atoms with Gasteiger partial charge in [0.2, 0.25) is 5.91 Å². The van der Waals surface area contributed by atoms with Crippen LogP contribution in [0.1, 0.15) is 38.3 Å². The van der Waals surface area contributed by atoms with Crippen molar-refractivity contribution in [2.75, 3.05) is 23.4 Å². The van der Waals surface area contributed by atoms with E-state index in [0.717, 1.165) is 17.9 Å². The van der Waals surface area contributed by atoms with E-state index in [1.54, 1.807) is 30.3 Å². The SMILES string of the molecule is Cc1cc(C(F)(C(F)(F)F)C(F)(F)F)ccc1N(C)C(=O)c1cccc(N(CCC(N)=O)C(=O)c2ccccc2)c1. The highest BCUT2D eigenvalue weighted by molar-refractivity contribution is 6.09. The van der Waals surface area contributed by atoms with E-state index in [0.29, 0.717) is 17.7 Å². The van der Waals surface area contributed by atoms with Gasteiger partial charge in [0.1, 0.15) is 0 Å². The lowest BCUT2D eigenvalue weighted by atomic mass is 9.92. The van der Waals surface area contributed by atoms with Gasteiger partial charge in [-0.2, -0.15) is 26.3 Å². The Morgan fingerprint density at radius 1 is 0.756 bits per heavy atom. The zero-order valence-corrected chi connectivity index (χ0v) is 21.7. The van der Waals surface area contributed by atoms with Gasteiger partial charge in [-0.25, -0.2) is 4.39 Å². The largest absolute Gasteiger partial charge is 0.435 e. The monoisotopic (exact) mass is 583 g/mol. The summed E-state index contributed by atoms with van der Waals surface area (Å²) in [5, 5.41) is 0. The molecule has 2 N–H and O–H groups in total. The lowest BCUT2D eigenvalue weighted by Crippen LogP contribution is -2.50. The predicted octanol–water partition coefficient (Wildman–Crippen LogP) is 6.08. The first-order chi connectivity index (χ1) is 19.0. The summed E-state index contributed by atoms with van der Waals surface area (Å²) in [6.45, 7) is 1.02. The molecule has 3 aromatic carbocycles. The average molecular weight is 584 g/mol. The van der Waals surface area contributed by atoms with E-state index in [9.17, 15) is 45.1 Å². The number of hydrogen-bond acceptors (Lipinski definition) is 3. The highest BCUT2D eigenvalue weighted by Crippen LogP contribution is 2.53. The fraction of sp³-hybridized carbons (Fsp3) is 0.250. The van der Waals surface area contributed by atoms with Crippen LogP contribution >= 0.6 is 0 Å². The van der Waals surface area contributed by atoms with Gasteiger partial charge < -0.3 is 15.5 Å². The topological polar surface area (TPSA) is 83.7 Å². The lowest BCUT2D eigenvalue weighted by Gasteiger charge is -2.31. The third-order valence-corrected chi connectivity index (χ3v) is 6.29. The summed E-state index contributed by atoms with van der Waals surface area (Å²) in [5.41, 5.74) is -1.82. The number of alkyl halides is 7. The number of nitrogens with zero attached hydrogens (tertiary/aromatic N) is 2. The summed E-state index contributed by atoms with van der Waals surface area (Å²) in [6.07, 6.45) is -12.7. The molecule has 0 saturated heterocycles. The van der Waals surface area contributed by atoms with Crippen LogP contribution in [-0.4, -0.2) is 43.7 Å². The van der Waals surface area contributed by atoms with Crippen molar-refractivity contribution in [1.29, 1.82) is 0 Å². The zero-order chi connectivity index (χ0) is 30.8. The van der Waals surface area contributed by atoms with Gasteiger partial charge in [-0.15, -0.1) is 0 Å². The van der Waals surface area contributed by atoms with Crippen molar-refractivity contribution in [2.24, 2.45) is 5.73 Å². The number of rotatable bonds is 8. The number of amides is 3. The number of halogens is 7. The van der Waals surface area contributed by atoms with E-state index < -0.39 is 41.3 Å². The lowest BCUT2D eigenvalue weighted by molar-refractivity contribution is -0.348. The van der Waals surface area contributed by atoms with Crippen molar-refractivity contribution in [1.82, 2.24) is 0 Å². The maximum atomic E-state index is 14.5. The van der Waals surface area contributed by atoms with Crippen LogP contribution in [0.25, 0.3) is 0 Å². The Kier molecular flexibility index (Phi) is 8.80. The first-order valence-electron chi connectivity index (χ1n) is 12.0. The van der Waals surface area contributed by atoms with Crippen molar-refractivity contribution in [3.63, 3.8) is 0 Å². The van der Waals surface area contributed by atoms with Crippen LogP contribution in [0.5, 0.6) is 0 Å². The van der Waals surface area contributed by atoms with Crippen LogP contribution in [0.3, 0.4) is 0 Å². The highest BCUT2D eigenvalue weighted by Gasteiger charge is 2.73. The average Bonchev–Trinajstić information content (AvgIpc) is 2.91. The Balaban J connectivity index is 1.96. The number of nitrogens with two attached hydrogens (primary N) is 1. The van der Waals surface area contributed by atoms with Crippen molar-refractivity contribution < 1.29 is 45.1 Å². The standard InChI is InChI=1S/C28H24F7N3O3/c1-17-15-20(26(29,27(30,31)32)28(33,34)35)11-12-22(17)37(2)24(40)19-9-6-10-21(16-19)38(14-13-23(36)39)25(41)18-7-4-3-5-8-18/h3-12,15-16H,13-14H2,1-2H3,(H2,36,39). The molecule has 218 valence electrons. The predicted molar refractivity (Wildman–Crippen MR) is 137 cm³/mol. The molecule has 0 fully saturated rings. The molecule has 0 spiro atoms. The number of anilines is 2. The van der Waals surface area contributed by atoms with Gasteiger partial charge in [0.05, 0.1) is 0 Å². The summed E-state index contributed by atoms with van der Waals surface area (Å²) in [7, 11) is 1.23. The maximum Gasteiger partial charge on any atom is 0.435 e. The molecule has 41 heavy (non-hydrogen) atoms. The summed E-state index contributed by atoms with van der Waals surface area (Å²) in [5.74, 6) is -1.89. The fourth-order valence-electron chi connectivity index (χ4n) is 4.15. The molecule has 0 aliphatic rings. The number of aryl methyl sites for hydroxylation is 1. The summed E-state index contributed by atoms with van der Waals surface area (Å²) < 4.78 is 93.6. The van der Waals surface area contributed by atoms with E-state index in [4.69, 9.17) is 5.73 Å². The van der Waals surface area contributed by atoms with Gasteiger partial charge >= 0.3 is 18.0 Å². The molecule has 0 aliphatic heterocycles. The van der Waals surface area contributed by atoms with Gasteiger partial charge in [0, 0.05) is 48.1 Å². The Labute approximate surface area is 230 Å². The number of hydrogen-bond donors (Lipinski definition) is 1. The molecule has 6 nitrogen and oxygen atoms in total. The molecule has 3 amide bonds. The van der Waals surface area contributed by atoms with Crippen molar-refractivity contribution >= 4 is 29.1 Å². The first-order valence-corrected chi connectivity index (χ1v) is 12.0. The van der Waals surface area contributed by atoms with E-state index in [2.05, 4.69) is 0 Å². The van der Waals surface area contributed by atoms with Crippen LogP contribution in [0.15, 0.2) is 72.8 Å². The van der Waals surface area contributed by atoms with Gasteiger partial charge in [0.25, 0.3) is 11.8 Å². The van der Waals surface area contributed by atoms with E-state index in [-0.39, 0.29) is 35.5 Å². The third-order valence-electron chi connectivity index (χ3n) is 6.29. The molecule has 3 rings (SSSR count). The Hall–Kier alpha value is -4.42. The van der Waals surface area contributed by atoms with Gasteiger partial charge in [-0.3, -0.25) is 14.4 Å². The number of carbonyl (C=O) groups is 3. The quantitative estimate of drug-likeness (QED) is 0.326. The molecule has 0 atom stereocenters. The molecule has 0 unspecified atom stereocenters. The van der Waals surface area contributed by atoms with Crippen molar-refractivity contribution in [2.45, 2.75) is 31.4 Å². The minimum Gasteiger partial charge on any atom is -0.370 e. The van der Waals surface area contributed by atoms with Crippen LogP contribution in [-0.2, 0) is 10.5 Å². The zero-order valence-electron chi connectivity index (χ0n) is 21.7. The Bertz CT molecular complexity index is 1430. The van der Waals surface area contributed by atoms with Crippen LogP contribution in [0, 0.1) is 6.92 Å². The Morgan fingerprint density at radius 3 is 1.88 bits per heavy atom. The summed E-state index contributed by atoms with van der Waals surface area (Å²) in [6, 6.07) is 15.3. The molecular weight excluding hydrogens is 559 g/mol. The van der Waals surface area contributed by atoms with Crippen molar-refractivity contribution in [3.05, 3.63) is 95.1 Å². The minimum absolute atomic E-state index is 0.00355. The van der Waals surface area contributed by atoms with E-state index in [1.807, 2.05) is 0 Å². The smallest absolute Gasteiger partial charge is 0.370 e. The van der Waals surface area contributed by atoms with Crippen LogP contribution in [0.4, 0.5) is 42.1 Å². The number of primary amides is 1. The Morgan fingerprint density at radius 2 is 1.34 bits per heavy atom. The third kappa shape index (κ3) is 6.34. The van der Waals surface area contributed by atoms with Gasteiger partial charge in [-0.1, -0.05) is 36.4 Å². The fourth-order valence-corrected chi connectivity index (χ4v) is 4.15. The molecule has 0 aliphatic carbocycles. The second kappa shape index (κ2) is 11.6. The molecule has 0 heterocycles. The molecule has 0 bridgehead atoms. The molecule has 0 saturated carbocycles. The highest BCUT2D eigenvalue weighted by atomic mass is 19.4. The summed E-state index contributed by atoms with van der Waals surface area (Å²) >= 11 is 0. The molecule has 3 aromatic rings. The molecule has 0 radical (unpaired) electrons. The second-order valence-corrected chi connectivity index (χ2v) is 9.11. The number of carbonyl (C=O) groups excluding carboxylic acids is 3. The van der Waals surface area contributed by atoms with Crippen LogP contribution in [0.2, 0.25) is 0 Å². The minimum atomic E-state index is -6.28. The number of benzene rings is 3. The van der Waals surface area contributed by atoms with E-state index in [1.165, 1.54) is 36.2 Å². The van der Waals surface area contributed by atoms with Gasteiger partial charge in [0.15, 0.2) is 0 Å². The second-order valence-electron chi connectivity index (χ2n) is 9.11. The van der Waals surface area contributed by atoms with Crippen LogP contribution < -0.4 is 15.5 Å². The van der Waals surface area contributed by atoms with Gasteiger partial charge in [-0.05, 0) is 48.9 Å². The van der Waals surface area contributed by atoms with Crippen molar-refractivity contribution in [3.8, 4) is 0 Å². The summed E-state index contributed by atoms with van der Waals surface area (Å²) in [4.78, 5) is 40.1. The molecule has 13 heteroatoms. The molecular formula is C28H24F7N3O3. The first kappa shape index (κ1) is 31.1. The van der Waals surface area contributed by atoms with E-state index >= 15 is 0 Å². The molecule has 0 aromatic heterocycles. The normalized spacial score (nSPS) is 12.1.